The highest BCUT2D eigenvalue weighted by atomic mass is 16.4. The second kappa shape index (κ2) is 34.7. The average Bonchev–Trinajstić information content (AvgIpc) is 4.10. The van der Waals surface area contributed by atoms with Gasteiger partial charge in [-0.2, -0.15) is 0 Å². The van der Waals surface area contributed by atoms with Crippen molar-refractivity contribution in [2.45, 2.75) is 146 Å². The average molecular weight is 1060 g/mol. The number of carboxylic acids is 1. The third-order valence-electron chi connectivity index (χ3n) is 12.1. The molecule has 8 amide bonds. The third-order valence-corrected chi connectivity index (χ3v) is 12.1. The standard InChI is InChI=1S/C46H82N18O11/c1-26(2)36(62-43(72)37(34(65)22-50)63-38(67)28(51)10-3-5-17-47)42(71)56-24-35(66)58-31(12-7-19-49)44(73)64-21-9-14-33(64)41(70)60-30(16-15-27-23-54-25-57-27)40(69)59-29(11-4-6-18-48)39(68)61-32(45(74)75)13-8-20-55-46(52)53/h13,23,25-26,28-31,33-34,36-37,65H,3-12,14-22,24,47-51H2,1-2H3,(H,54,57)(H,56,71)(H,58,66)(H,59,69)(H,60,70)(H,61,68)(H,62,72)(H,63,67)(H,74,75)(H4,52,53,55)/b32-13-/t28-,29-,30-,31+,33-,34-,36-,37-/m0/s1. The largest absolute Gasteiger partial charge is 0.477 e. The number of aryl methyl sites for hydroxylation is 1. The Morgan fingerprint density at radius 2 is 1.43 bits per heavy atom. The number of nitrogens with zero attached hydrogens (tertiary/aromatic N) is 3. The van der Waals surface area contributed by atoms with Crippen LogP contribution in [-0.2, 0) is 49.6 Å². The van der Waals surface area contributed by atoms with Crippen LogP contribution in [0.5, 0.6) is 0 Å². The number of amides is 8. The van der Waals surface area contributed by atoms with Crippen molar-refractivity contribution in [3.05, 3.63) is 30.0 Å². The van der Waals surface area contributed by atoms with Gasteiger partial charge in [0.05, 0.1) is 25.0 Å². The normalized spacial score (nSPS) is 16.3. The molecule has 24 N–H and O–H groups in total. The first-order valence-electron chi connectivity index (χ1n) is 25.3. The maximum Gasteiger partial charge on any atom is 0.352 e. The summed E-state index contributed by atoms with van der Waals surface area (Å²) < 4.78 is 0. The number of carbonyl (C=O) groups excluding carboxylic acids is 8. The van der Waals surface area contributed by atoms with Crippen molar-refractivity contribution in [1.82, 2.24) is 52.1 Å². The van der Waals surface area contributed by atoms with Gasteiger partial charge in [-0.15, -0.1) is 0 Å². The lowest BCUT2D eigenvalue weighted by Crippen LogP contribution is -2.61. The molecule has 1 aromatic rings. The van der Waals surface area contributed by atoms with E-state index in [4.69, 9.17) is 40.1 Å². The SMILES string of the molecule is CC(C)[C@H](NC(=O)[C@@H](NC(=O)[C@@H](N)CCCCN)[C@@H](O)CN)C(=O)NCC(=O)N[C@H](CCCN)C(=O)N1CCC[C@H]1C(=O)N[C@@H](CCc1cnc[nH]1)C(=O)N[C@@H](CCCCN)C(=O)N/C(=C\CCN=C(N)N)C(=O)O. The molecule has 0 spiro atoms. The quantitative estimate of drug-likeness (QED) is 0.0129. The number of carboxylic acid groups (broad SMARTS) is 1. The van der Waals surface area contributed by atoms with E-state index >= 15 is 0 Å². The molecule has 1 aliphatic heterocycles. The fourth-order valence-electron chi connectivity index (χ4n) is 7.86. The predicted octanol–water partition coefficient (Wildman–Crippen LogP) is -6.08. The van der Waals surface area contributed by atoms with Crippen molar-refractivity contribution in [3.8, 4) is 0 Å². The number of imidazole rings is 1. The van der Waals surface area contributed by atoms with Crippen molar-refractivity contribution in [3.63, 3.8) is 0 Å². The van der Waals surface area contributed by atoms with Gasteiger partial charge in [-0.25, -0.2) is 9.78 Å². The molecule has 2 heterocycles. The molecular weight excluding hydrogens is 981 g/mol. The molecule has 0 unspecified atom stereocenters. The summed E-state index contributed by atoms with van der Waals surface area (Å²) in [6, 6.07) is -8.70. The molecule has 0 radical (unpaired) electrons. The van der Waals surface area contributed by atoms with E-state index in [0.717, 1.165) is 0 Å². The van der Waals surface area contributed by atoms with Crippen LogP contribution in [0.15, 0.2) is 29.3 Å². The van der Waals surface area contributed by atoms with Gasteiger partial charge >= 0.3 is 5.97 Å². The maximum absolute atomic E-state index is 14.3. The van der Waals surface area contributed by atoms with Crippen LogP contribution in [0, 0.1) is 5.92 Å². The number of guanidine groups is 1. The Morgan fingerprint density at radius 1 is 0.787 bits per heavy atom. The number of aliphatic carboxylic acids is 1. The number of likely N-dealkylation sites (tertiary alicyclic amines) is 1. The van der Waals surface area contributed by atoms with Gasteiger partial charge in [0.25, 0.3) is 0 Å². The second-order valence-corrected chi connectivity index (χ2v) is 18.4. The smallest absolute Gasteiger partial charge is 0.352 e. The summed E-state index contributed by atoms with van der Waals surface area (Å²) in [4.78, 5) is 133. The van der Waals surface area contributed by atoms with Gasteiger partial charge in [0, 0.05) is 31.5 Å². The Hall–Kier alpha value is -6.79. The minimum Gasteiger partial charge on any atom is -0.477 e. The Kier molecular flexibility index (Phi) is 29.7. The van der Waals surface area contributed by atoms with Crippen molar-refractivity contribution >= 4 is 59.2 Å². The van der Waals surface area contributed by atoms with Crippen molar-refractivity contribution < 1.29 is 53.4 Å². The molecule has 0 bridgehead atoms. The third kappa shape index (κ3) is 23.1. The number of rotatable bonds is 36. The molecular formula is C46H82N18O11. The molecule has 8 atom stereocenters. The number of nitrogens with one attached hydrogen (secondary N) is 8. The van der Waals surface area contributed by atoms with E-state index in [1.165, 1.54) is 23.5 Å². The van der Waals surface area contributed by atoms with Crippen molar-refractivity contribution in [2.24, 2.45) is 51.0 Å². The molecule has 2 rings (SSSR count). The van der Waals surface area contributed by atoms with Gasteiger partial charge in [-0.3, -0.25) is 43.3 Å². The molecule has 0 aromatic carbocycles. The first kappa shape index (κ1) is 64.3. The molecule has 75 heavy (non-hydrogen) atoms. The van der Waals surface area contributed by atoms with E-state index in [-0.39, 0.29) is 83.5 Å². The van der Waals surface area contributed by atoms with Gasteiger partial charge in [-0.1, -0.05) is 26.3 Å². The molecule has 422 valence electrons. The summed E-state index contributed by atoms with van der Waals surface area (Å²) >= 11 is 0. The maximum atomic E-state index is 14.3. The number of hydrogen-bond donors (Lipinski definition) is 17. The predicted molar refractivity (Wildman–Crippen MR) is 275 cm³/mol. The van der Waals surface area contributed by atoms with Crippen LogP contribution in [-0.4, -0.2) is 178 Å². The lowest BCUT2D eigenvalue weighted by atomic mass is 10.0. The van der Waals surface area contributed by atoms with Crippen LogP contribution in [0.25, 0.3) is 0 Å². The summed E-state index contributed by atoms with van der Waals surface area (Å²) in [5, 5.41) is 38.1. The zero-order valence-corrected chi connectivity index (χ0v) is 43.0. The van der Waals surface area contributed by atoms with Gasteiger partial charge in [0.2, 0.25) is 47.3 Å². The Labute approximate surface area is 436 Å². The van der Waals surface area contributed by atoms with E-state index in [9.17, 15) is 53.4 Å². The Morgan fingerprint density at radius 3 is 2.03 bits per heavy atom. The molecule has 29 nitrogen and oxygen atoms in total. The molecule has 29 heteroatoms. The van der Waals surface area contributed by atoms with E-state index in [2.05, 4.69) is 52.2 Å². The van der Waals surface area contributed by atoms with Crippen molar-refractivity contribution in [2.75, 3.05) is 45.8 Å². The number of nitrogens with two attached hydrogens (primary N) is 7. The second-order valence-electron chi connectivity index (χ2n) is 18.4. The number of aromatic nitrogens is 2. The van der Waals surface area contributed by atoms with E-state index in [1.807, 2.05) is 0 Å². The summed E-state index contributed by atoms with van der Waals surface area (Å²) in [5.41, 5.74) is 39.4. The van der Waals surface area contributed by atoms with Gasteiger partial charge in [0.1, 0.15) is 41.9 Å². The van der Waals surface area contributed by atoms with Crippen LogP contribution in [0.1, 0.15) is 96.6 Å². The minimum atomic E-state index is -1.57. The summed E-state index contributed by atoms with van der Waals surface area (Å²) in [7, 11) is 0. The van der Waals surface area contributed by atoms with E-state index < -0.39 is 126 Å². The fraction of sp³-hybridized carbons (Fsp3) is 0.674. The van der Waals surface area contributed by atoms with Gasteiger partial charge < -0.3 is 97.5 Å². The summed E-state index contributed by atoms with van der Waals surface area (Å²) in [6.07, 6.45) is 6.17. The molecule has 1 aromatic heterocycles. The molecule has 1 fully saturated rings. The number of unbranched alkanes of at least 4 members (excludes halogenated alkanes) is 2. The fourth-order valence-corrected chi connectivity index (χ4v) is 7.86. The first-order chi connectivity index (χ1) is 35.7. The number of aliphatic imine (C=N–C) groups is 1. The molecule has 0 saturated carbocycles. The number of hydrogen-bond acceptors (Lipinski definition) is 17. The lowest BCUT2D eigenvalue weighted by Gasteiger charge is -2.30. The minimum absolute atomic E-state index is 0.00234. The first-order valence-corrected chi connectivity index (χ1v) is 25.3. The van der Waals surface area contributed by atoms with Crippen LogP contribution in [0.3, 0.4) is 0 Å². The van der Waals surface area contributed by atoms with Crippen LogP contribution in [0.4, 0.5) is 0 Å². The highest BCUT2D eigenvalue weighted by Crippen LogP contribution is 2.21. The number of carbonyl (C=O) groups is 9. The summed E-state index contributed by atoms with van der Waals surface area (Å²) in [6.45, 7) is 3.13. The van der Waals surface area contributed by atoms with E-state index in [1.54, 1.807) is 13.8 Å². The molecule has 1 saturated heterocycles. The number of aliphatic hydroxyl groups is 1. The summed E-state index contributed by atoms with van der Waals surface area (Å²) in [5.74, 6) is -8.41. The Balaban J connectivity index is 2.26. The number of aromatic amines is 1. The highest BCUT2D eigenvalue weighted by molar-refractivity contribution is 5.99. The van der Waals surface area contributed by atoms with Gasteiger partial charge in [-0.05, 0) is 103 Å². The van der Waals surface area contributed by atoms with E-state index in [0.29, 0.717) is 44.3 Å². The topological polar surface area (TPSA) is 505 Å². The van der Waals surface area contributed by atoms with Crippen LogP contribution < -0.4 is 77.4 Å². The zero-order valence-electron chi connectivity index (χ0n) is 43.0. The van der Waals surface area contributed by atoms with Crippen LogP contribution in [0.2, 0.25) is 0 Å². The molecule has 1 aliphatic rings. The monoisotopic (exact) mass is 1060 g/mol. The zero-order chi connectivity index (χ0) is 56.0. The lowest BCUT2D eigenvalue weighted by molar-refractivity contribution is -0.142. The van der Waals surface area contributed by atoms with Crippen LogP contribution >= 0.6 is 0 Å². The number of H-pyrrole nitrogens is 1. The molecule has 0 aliphatic carbocycles. The highest BCUT2D eigenvalue weighted by Gasteiger charge is 2.40. The van der Waals surface area contributed by atoms with Crippen molar-refractivity contribution in [1.29, 1.82) is 0 Å². The Bertz CT molecular complexity index is 2070. The number of aliphatic hydroxyl groups excluding tert-OH is 1. The van der Waals surface area contributed by atoms with Gasteiger partial charge in [0.15, 0.2) is 5.96 Å².